The number of anilines is 1. The lowest BCUT2D eigenvalue weighted by atomic mass is 10.3. The largest absolute Gasteiger partial charge is 0.399 e. The van der Waals surface area contributed by atoms with E-state index in [9.17, 15) is 12.8 Å². The van der Waals surface area contributed by atoms with Gasteiger partial charge in [-0.1, -0.05) is 0 Å². The van der Waals surface area contributed by atoms with E-state index in [4.69, 9.17) is 5.73 Å². The Labute approximate surface area is 119 Å². The summed E-state index contributed by atoms with van der Waals surface area (Å²) in [7, 11) is -1.88. The number of hydrogen-bond acceptors (Lipinski definition) is 4. The highest BCUT2D eigenvalue weighted by Crippen LogP contribution is 2.26. The van der Waals surface area contributed by atoms with E-state index in [1.54, 1.807) is 0 Å². The number of nitrogens with zero attached hydrogens (tertiary/aromatic N) is 1. The summed E-state index contributed by atoms with van der Waals surface area (Å²) in [5.74, 6) is -0.833. The maximum Gasteiger partial charge on any atom is 0.243 e. The van der Waals surface area contributed by atoms with Gasteiger partial charge < -0.3 is 5.73 Å². The van der Waals surface area contributed by atoms with Gasteiger partial charge >= 0.3 is 0 Å². The summed E-state index contributed by atoms with van der Waals surface area (Å²) in [5.41, 5.74) is 5.61. The summed E-state index contributed by atoms with van der Waals surface area (Å²) in [4.78, 5) is 1.77. The van der Waals surface area contributed by atoms with Gasteiger partial charge in [-0.05, 0) is 45.0 Å². The monoisotopic (exact) mass is 301 g/mol. The van der Waals surface area contributed by atoms with Gasteiger partial charge in [0.2, 0.25) is 10.0 Å². The molecule has 0 amide bonds. The molecule has 5 nitrogen and oxygen atoms in total. The Morgan fingerprint density at radius 1 is 1.50 bits per heavy atom. The second-order valence-electron chi connectivity index (χ2n) is 5.29. The first-order valence-electron chi connectivity index (χ1n) is 6.58. The standard InChI is InChI=1S/C13H20FN3O2S/c1-9(17(2)11-4-5-11)8-16-20(18,19)13-6-3-10(15)7-12(13)14/h3,6-7,9,11,16H,4-5,8,15H2,1-2H3. The third kappa shape index (κ3) is 3.47. The van der Waals surface area contributed by atoms with Crippen molar-refractivity contribution < 1.29 is 12.8 Å². The number of halogens is 1. The van der Waals surface area contributed by atoms with E-state index in [2.05, 4.69) is 9.62 Å². The molecule has 112 valence electrons. The van der Waals surface area contributed by atoms with Crippen LogP contribution in [0.4, 0.5) is 10.1 Å². The number of hydrogen-bond donors (Lipinski definition) is 2. The number of likely N-dealkylation sites (N-methyl/N-ethyl adjacent to an activating group) is 1. The molecule has 0 heterocycles. The van der Waals surface area contributed by atoms with Gasteiger partial charge in [0.25, 0.3) is 0 Å². The highest BCUT2D eigenvalue weighted by atomic mass is 32.2. The number of nitrogens with one attached hydrogen (secondary N) is 1. The molecule has 1 aromatic carbocycles. The molecule has 20 heavy (non-hydrogen) atoms. The molecule has 1 fully saturated rings. The molecule has 0 bridgehead atoms. The van der Waals surface area contributed by atoms with E-state index in [-0.39, 0.29) is 23.2 Å². The molecule has 1 aromatic rings. The molecule has 0 spiro atoms. The van der Waals surface area contributed by atoms with Gasteiger partial charge in [0.1, 0.15) is 10.7 Å². The first-order chi connectivity index (χ1) is 9.31. The van der Waals surface area contributed by atoms with E-state index in [0.717, 1.165) is 18.9 Å². The van der Waals surface area contributed by atoms with Crippen molar-refractivity contribution in [2.45, 2.75) is 36.7 Å². The summed E-state index contributed by atoms with van der Waals surface area (Å²) in [6.07, 6.45) is 2.31. The van der Waals surface area contributed by atoms with Crippen LogP contribution in [0.2, 0.25) is 0 Å². The van der Waals surface area contributed by atoms with Crippen molar-refractivity contribution in [2.75, 3.05) is 19.3 Å². The lowest BCUT2D eigenvalue weighted by Gasteiger charge is -2.24. The van der Waals surface area contributed by atoms with Crippen LogP contribution in [-0.4, -0.2) is 39.0 Å². The molecule has 0 saturated heterocycles. The summed E-state index contributed by atoms with van der Waals surface area (Å²) in [6, 6.07) is 4.17. The van der Waals surface area contributed by atoms with E-state index in [0.29, 0.717) is 6.04 Å². The highest BCUT2D eigenvalue weighted by Gasteiger charge is 2.30. The van der Waals surface area contributed by atoms with Crippen molar-refractivity contribution in [1.82, 2.24) is 9.62 Å². The minimum absolute atomic E-state index is 0.0640. The van der Waals surface area contributed by atoms with Crippen molar-refractivity contribution in [3.63, 3.8) is 0 Å². The smallest absolute Gasteiger partial charge is 0.243 e. The summed E-state index contributed by atoms with van der Waals surface area (Å²) >= 11 is 0. The quantitative estimate of drug-likeness (QED) is 0.773. The van der Waals surface area contributed by atoms with Gasteiger partial charge in [-0.2, -0.15) is 0 Å². The van der Waals surface area contributed by atoms with Crippen LogP contribution >= 0.6 is 0 Å². The Hall–Kier alpha value is -1.18. The Morgan fingerprint density at radius 2 is 2.15 bits per heavy atom. The fraction of sp³-hybridized carbons (Fsp3) is 0.538. The zero-order valence-corrected chi connectivity index (χ0v) is 12.5. The average Bonchev–Trinajstić information content (AvgIpc) is 3.18. The van der Waals surface area contributed by atoms with Crippen LogP contribution in [0, 0.1) is 5.82 Å². The number of benzene rings is 1. The van der Waals surface area contributed by atoms with Gasteiger partial charge in [0.05, 0.1) is 0 Å². The molecule has 0 aromatic heterocycles. The topological polar surface area (TPSA) is 75.4 Å². The van der Waals surface area contributed by atoms with Crippen molar-refractivity contribution in [3.05, 3.63) is 24.0 Å². The van der Waals surface area contributed by atoms with E-state index in [1.165, 1.54) is 12.1 Å². The predicted octanol–water partition coefficient (Wildman–Crippen LogP) is 1.17. The number of sulfonamides is 1. The van der Waals surface area contributed by atoms with Gasteiger partial charge in [-0.15, -0.1) is 0 Å². The predicted molar refractivity (Wildman–Crippen MR) is 76.2 cm³/mol. The molecule has 1 aliphatic rings. The van der Waals surface area contributed by atoms with E-state index < -0.39 is 15.8 Å². The van der Waals surface area contributed by atoms with E-state index >= 15 is 0 Å². The van der Waals surface area contributed by atoms with Crippen LogP contribution < -0.4 is 10.5 Å². The zero-order valence-electron chi connectivity index (χ0n) is 11.6. The van der Waals surface area contributed by atoms with Crippen molar-refractivity contribution in [1.29, 1.82) is 0 Å². The first-order valence-corrected chi connectivity index (χ1v) is 8.06. The molecule has 7 heteroatoms. The molecule has 1 saturated carbocycles. The molecule has 1 aliphatic carbocycles. The summed E-state index contributed by atoms with van der Waals surface area (Å²) in [5, 5.41) is 0. The Morgan fingerprint density at radius 3 is 2.70 bits per heavy atom. The Kier molecular flexibility index (Phi) is 4.31. The molecule has 0 aliphatic heterocycles. The highest BCUT2D eigenvalue weighted by molar-refractivity contribution is 7.89. The van der Waals surface area contributed by atoms with Gasteiger partial charge in [0, 0.05) is 24.3 Å². The lowest BCUT2D eigenvalue weighted by Crippen LogP contribution is -2.41. The number of nitrogen functional groups attached to an aromatic ring is 1. The molecular weight excluding hydrogens is 281 g/mol. The first kappa shape index (κ1) is 15.2. The Bertz CT molecular complexity index is 587. The third-order valence-electron chi connectivity index (χ3n) is 3.63. The molecular formula is C13H20FN3O2S. The van der Waals surface area contributed by atoms with E-state index in [1.807, 2.05) is 14.0 Å². The fourth-order valence-electron chi connectivity index (χ4n) is 2.03. The molecule has 1 atom stereocenters. The van der Waals surface area contributed by atoms with Crippen molar-refractivity contribution in [3.8, 4) is 0 Å². The van der Waals surface area contributed by atoms with Gasteiger partial charge in [0.15, 0.2) is 0 Å². The van der Waals surface area contributed by atoms with Gasteiger partial charge in [-0.3, -0.25) is 4.90 Å². The van der Waals surface area contributed by atoms with Crippen LogP contribution in [0.5, 0.6) is 0 Å². The second kappa shape index (κ2) is 5.67. The molecule has 2 rings (SSSR count). The minimum atomic E-state index is -3.85. The minimum Gasteiger partial charge on any atom is -0.399 e. The fourth-order valence-corrected chi connectivity index (χ4v) is 3.21. The van der Waals surface area contributed by atoms with Gasteiger partial charge in [-0.25, -0.2) is 17.5 Å². The van der Waals surface area contributed by atoms with Crippen molar-refractivity contribution in [2.24, 2.45) is 0 Å². The van der Waals surface area contributed by atoms with Crippen LogP contribution in [0.25, 0.3) is 0 Å². The van der Waals surface area contributed by atoms with Crippen LogP contribution in [0.1, 0.15) is 19.8 Å². The van der Waals surface area contributed by atoms with Crippen LogP contribution in [0.3, 0.4) is 0 Å². The summed E-state index contributed by atoms with van der Waals surface area (Å²) in [6.45, 7) is 2.19. The van der Waals surface area contributed by atoms with Crippen LogP contribution in [-0.2, 0) is 10.0 Å². The summed E-state index contributed by atoms with van der Waals surface area (Å²) < 4.78 is 40.2. The zero-order chi connectivity index (χ0) is 14.9. The SMILES string of the molecule is CC(CNS(=O)(=O)c1ccc(N)cc1F)N(C)C1CC1. The third-order valence-corrected chi connectivity index (χ3v) is 5.09. The van der Waals surface area contributed by atoms with Crippen molar-refractivity contribution >= 4 is 15.7 Å². The molecule has 0 radical (unpaired) electrons. The maximum atomic E-state index is 13.7. The second-order valence-corrected chi connectivity index (χ2v) is 7.02. The average molecular weight is 301 g/mol. The number of nitrogens with two attached hydrogens (primary N) is 1. The molecule has 1 unspecified atom stereocenters. The molecule has 3 N–H and O–H groups in total. The normalized spacial score (nSPS) is 17.4. The number of rotatable bonds is 6. The van der Waals surface area contributed by atoms with Crippen LogP contribution in [0.15, 0.2) is 23.1 Å². The lowest BCUT2D eigenvalue weighted by molar-refractivity contribution is 0.248. The Balaban J connectivity index is 2.03. The maximum absolute atomic E-state index is 13.7.